The van der Waals surface area contributed by atoms with Crippen molar-refractivity contribution in [1.82, 2.24) is 4.98 Å². The molecular formula is C3H4BNS. The highest BCUT2D eigenvalue weighted by Gasteiger charge is 1.76. The summed E-state index contributed by atoms with van der Waals surface area (Å²) in [6, 6.07) is 0. The van der Waals surface area contributed by atoms with Crippen molar-refractivity contribution in [3.63, 3.8) is 0 Å². The van der Waals surface area contributed by atoms with Crippen LogP contribution in [-0.2, 0) is 0 Å². The minimum atomic E-state index is 1.13. The van der Waals surface area contributed by atoms with E-state index >= 15 is 0 Å². The van der Waals surface area contributed by atoms with Gasteiger partial charge in [0.15, 0.2) is 7.85 Å². The molecule has 0 saturated heterocycles. The van der Waals surface area contributed by atoms with E-state index in [-0.39, 0.29) is 0 Å². The molecule has 0 atom stereocenters. The Kier molecular flexibility index (Phi) is 0.923. The lowest BCUT2D eigenvalue weighted by molar-refractivity contribution is 1.48. The predicted molar refractivity (Wildman–Crippen MR) is 30.3 cm³/mol. The molecule has 0 unspecified atom stereocenters. The van der Waals surface area contributed by atoms with Gasteiger partial charge in [-0.05, 0) is 0 Å². The minimum absolute atomic E-state index is 1.13. The van der Waals surface area contributed by atoms with Crippen LogP contribution in [0.3, 0.4) is 0 Å². The Morgan fingerprint density at radius 3 is 2.83 bits per heavy atom. The Hall–Kier alpha value is -0.305. The second-order valence-electron chi connectivity index (χ2n) is 1.05. The molecule has 1 aromatic rings. The summed E-state index contributed by atoms with van der Waals surface area (Å²) >= 11 is 1.67. The van der Waals surface area contributed by atoms with E-state index in [0.717, 1.165) is 4.91 Å². The molecule has 0 aromatic carbocycles. The SMILES string of the molecule is Bc1nccs1. The first kappa shape index (κ1) is 3.87. The number of hydrogen-bond donors (Lipinski definition) is 0. The molecule has 1 nitrogen and oxygen atoms in total. The molecule has 6 heavy (non-hydrogen) atoms. The van der Waals surface area contributed by atoms with Crippen molar-refractivity contribution < 1.29 is 0 Å². The van der Waals surface area contributed by atoms with E-state index in [1.165, 1.54) is 0 Å². The van der Waals surface area contributed by atoms with E-state index in [0.29, 0.717) is 0 Å². The van der Waals surface area contributed by atoms with E-state index in [9.17, 15) is 0 Å². The fourth-order valence-corrected chi connectivity index (χ4v) is 0.735. The maximum absolute atomic E-state index is 3.94. The third kappa shape index (κ3) is 0.599. The zero-order valence-corrected chi connectivity index (χ0v) is 4.33. The van der Waals surface area contributed by atoms with E-state index in [1.54, 1.807) is 17.5 Å². The van der Waals surface area contributed by atoms with Gasteiger partial charge in [0.25, 0.3) is 0 Å². The first-order valence-electron chi connectivity index (χ1n) is 1.75. The normalized spacial score (nSPS) is 8.67. The van der Waals surface area contributed by atoms with Gasteiger partial charge in [-0.25, -0.2) is 0 Å². The zero-order valence-electron chi connectivity index (χ0n) is 3.51. The molecule has 0 aliphatic carbocycles. The Balaban J connectivity index is 3.05. The van der Waals surface area contributed by atoms with Crippen molar-refractivity contribution >= 4 is 24.1 Å². The maximum atomic E-state index is 3.94. The lowest BCUT2D eigenvalue weighted by Gasteiger charge is -1.64. The molecule has 1 aromatic heterocycles. The maximum Gasteiger partial charge on any atom is 0.177 e. The van der Waals surface area contributed by atoms with Crippen molar-refractivity contribution in [3.05, 3.63) is 11.6 Å². The van der Waals surface area contributed by atoms with Crippen LogP contribution in [0.25, 0.3) is 0 Å². The van der Waals surface area contributed by atoms with E-state index < -0.39 is 0 Å². The first-order valence-corrected chi connectivity index (χ1v) is 2.63. The quantitative estimate of drug-likeness (QED) is 0.394. The number of thiazole rings is 1. The van der Waals surface area contributed by atoms with Gasteiger partial charge in [0, 0.05) is 16.5 Å². The predicted octanol–water partition coefficient (Wildman–Crippen LogP) is -0.599. The molecule has 0 saturated carbocycles. The number of aromatic nitrogens is 1. The molecule has 0 radical (unpaired) electrons. The Morgan fingerprint density at radius 1 is 1.83 bits per heavy atom. The van der Waals surface area contributed by atoms with Crippen LogP contribution in [0.5, 0.6) is 0 Å². The second kappa shape index (κ2) is 1.43. The molecule has 0 amide bonds. The second-order valence-corrected chi connectivity index (χ2v) is 2.15. The topological polar surface area (TPSA) is 12.9 Å². The fourth-order valence-electron chi connectivity index (χ4n) is 0.295. The van der Waals surface area contributed by atoms with Crippen molar-refractivity contribution in [1.29, 1.82) is 0 Å². The number of rotatable bonds is 0. The highest BCUT2D eigenvalue weighted by Crippen LogP contribution is 1.81. The third-order valence-corrected chi connectivity index (χ3v) is 1.26. The smallest absolute Gasteiger partial charge is 0.177 e. The van der Waals surface area contributed by atoms with Crippen LogP contribution in [0.2, 0.25) is 0 Å². The molecule has 30 valence electrons. The van der Waals surface area contributed by atoms with Gasteiger partial charge in [-0.1, -0.05) is 0 Å². The summed E-state index contributed by atoms with van der Waals surface area (Å²) < 4.78 is 0. The average molecular weight is 97.0 g/mol. The molecular weight excluding hydrogens is 92.9 g/mol. The summed E-state index contributed by atoms with van der Waals surface area (Å²) in [7, 11) is 1.99. The minimum Gasteiger partial charge on any atom is -0.261 e. The van der Waals surface area contributed by atoms with Crippen molar-refractivity contribution in [3.8, 4) is 0 Å². The molecule has 0 fully saturated rings. The zero-order chi connectivity index (χ0) is 4.41. The van der Waals surface area contributed by atoms with Crippen LogP contribution >= 0.6 is 11.3 Å². The third-order valence-electron chi connectivity index (χ3n) is 0.556. The fraction of sp³-hybridized carbons (Fsp3) is 0. The monoisotopic (exact) mass is 97.0 g/mol. The summed E-state index contributed by atoms with van der Waals surface area (Å²) in [5.41, 5.74) is 0. The first-order chi connectivity index (χ1) is 2.89. The molecule has 0 aliphatic rings. The van der Waals surface area contributed by atoms with Gasteiger partial charge in [0.2, 0.25) is 0 Å². The molecule has 1 rings (SSSR count). The highest BCUT2D eigenvalue weighted by atomic mass is 32.1. The molecule has 1 heterocycles. The van der Waals surface area contributed by atoms with E-state index in [1.807, 2.05) is 13.2 Å². The highest BCUT2D eigenvalue weighted by molar-refractivity contribution is 7.17. The standard InChI is InChI=1S/C3H4BNS/c4-3-5-1-2-6-3/h1-2H,4H2. The lowest BCUT2D eigenvalue weighted by atomic mass is 10.2. The van der Waals surface area contributed by atoms with Crippen LogP contribution in [0.15, 0.2) is 11.6 Å². The summed E-state index contributed by atoms with van der Waals surface area (Å²) in [6.45, 7) is 0. The number of nitrogens with zero attached hydrogens (tertiary/aromatic N) is 1. The van der Waals surface area contributed by atoms with Crippen molar-refractivity contribution in [2.75, 3.05) is 0 Å². The number of hydrogen-bond acceptors (Lipinski definition) is 2. The molecule has 0 bridgehead atoms. The van der Waals surface area contributed by atoms with Crippen LogP contribution in [0.4, 0.5) is 0 Å². The van der Waals surface area contributed by atoms with Gasteiger partial charge in [-0.15, -0.1) is 11.3 Å². The average Bonchev–Trinajstić information content (AvgIpc) is 1.86. The summed E-state index contributed by atoms with van der Waals surface area (Å²) in [6.07, 6.45) is 1.81. The summed E-state index contributed by atoms with van der Waals surface area (Å²) in [5.74, 6) is 0. The Morgan fingerprint density at radius 2 is 2.67 bits per heavy atom. The Bertz CT molecular complexity index is 114. The van der Waals surface area contributed by atoms with Gasteiger partial charge >= 0.3 is 0 Å². The van der Waals surface area contributed by atoms with Gasteiger partial charge < -0.3 is 0 Å². The van der Waals surface area contributed by atoms with Crippen LogP contribution in [-0.4, -0.2) is 12.8 Å². The van der Waals surface area contributed by atoms with Crippen molar-refractivity contribution in [2.45, 2.75) is 0 Å². The van der Waals surface area contributed by atoms with Gasteiger partial charge in [-0.3, -0.25) is 4.98 Å². The molecule has 0 spiro atoms. The van der Waals surface area contributed by atoms with Crippen LogP contribution in [0.1, 0.15) is 0 Å². The van der Waals surface area contributed by atoms with Gasteiger partial charge in [0.05, 0.1) is 0 Å². The van der Waals surface area contributed by atoms with E-state index in [4.69, 9.17) is 0 Å². The van der Waals surface area contributed by atoms with Crippen molar-refractivity contribution in [2.24, 2.45) is 0 Å². The molecule has 0 aliphatic heterocycles. The molecule has 3 heteroatoms. The van der Waals surface area contributed by atoms with Crippen LogP contribution < -0.4 is 4.91 Å². The largest absolute Gasteiger partial charge is 0.261 e. The summed E-state index contributed by atoms with van der Waals surface area (Å²) in [4.78, 5) is 5.07. The summed E-state index contributed by atoms with van der Waals surface area (Å²) in [5, 5.41) is 1.97. The lowest BCUT2D eigenvalue weighted by Crippen LogP contribution is -1.95. The van der Waals surface area contributed by atoms with Gasteiger partial charge in [0.1, 0.15) is 0 Å². The van der Waals surface area contributed by atoms with Gasteiger partial charge in [-0.2, -0.15) is 0 Å². The molecule has 0 N–H and O–H groups in total. The Labute approximate surface area is 41.4 Å². The van der Waals surface area contributed by atoms with Crippen LogP contribution in [0, 0.1) is 0 Å². The van der Waals surface area contributed by atoms with E-state index in [2.05, 4.69) is 4.98 Å².